The van der Waals surface area contributed by atoms with Crippen LogP contribution in [-0.4, -0.2) is 21.9 Å². The van der Waals surface area contributed by atoms with Gasteiger partial charge in [0.15, 0.2) is 5.82 Å². The van der Waals surface area contributed by atoms with E-state index in [1.54, 1.807) is 11.8 Å². The third-order valence-electron chi connectivity index (χ3n) is 3.05. The topological polar surface area (TPSA) is 57.8 Å². The first-order chi connectivity index (χ1) is 9.15. The third-order valence-corrected chi connectivity index (χ3v) is 4.55. The summed E-state index contributed by atoms with van der Waals surface area (Å²) in [5.41, 5.74) is 3.08. The number of benzene rings is 1. The molecule has 2 aromatic rings. The van der Waals surface area contributed by atoms with Crippen LogP contribution in [0.1, 0.15) is 22.1 Å². The van der Waals surface area contributed by atoms with Crippen LogP contribution in [0.4, 0.5) is 5.82 Å². The summed E-state index contributed by atoms with van der Waals surface area (Å²) in [4.78, 5) is 11.7. The van der Waals surface area contributed by atoms with Crippen molar-refractivity contribution in [2.45, 2.75) is 12.2 Å². The zero-order valence-electron chi connectivity index (χ0n) is 10.2. The van der Waals surface area contributed by atoms with Gasteiger partial charge in [0.2, 0.25) is 5.91 Å². The normalized spacial score (nSPS) is 18.6. The molecule has 1 aliphatic heterocycles. The highest BCUT2D eigenvalue weighted by molar-refractivity contribution is 8.00. The van der Waals surface area contributed by atoms with Crippen molar-refractivity contribution in [2.24, 2.45) is 0 Å². The number of rotatable bonds is 1. The van der Waals surface area contributed by atoms with E-state index in [2.05, 4.69) is 15.5 Å². The highest BCUT2D eigenvalue weighted by atomic mass is 35.5. The Bertz CT molecular complexity index is 641. The fourth-order valence-electron chi connectivity index (χ4n) is 2.20. The molecule has 2 N–H and O–H groups in total. The number of carbonyl (C=O) groups is 1. The zero-order chi connectivity index (χ0) is 13.4. The summed E-state index contributed by atoms with van der Waals surface area (Å²) in [6.45, 7) is 1.96. The molecule has 1 aliphatic rings. The Morgan fingerprint density at radius 3 is 3.11 bits per heavy atom. The fraction of sp³-hybridized carbons (Fsp3) is 0.231. The first-order valence-electron chi connectivity index (χ1n) is 5.87. The predicted octanol–water partition coefficient (Wildman–Crippen LogP) is 3.15. The number of nitrogens with zero attached hydrogens (tertiary/aromatic N) is 1. The summed E-state index contributed by atoms with van der Waals surface area (Å²) in [7, 11) is 0. The Balaban J connectivity index is 2.11. The van der Waals surface area contributed by atoms with Crippen LogP contribution in [0, 0.1) is 6.92 Å². The Kier molecular flexibility index (Phi) is 3.24. The molecule has 0 saturated carbocycles. The fourth-order valence-corrected chi connectivity index (χ4v) is 3.58. The number of fused-ring (bicyclic) bond motifs is 1. The highest BCUT2D eigenvalue weighted by Gasteiger charge is 2.28. The number of amides is 1. The maximum absolute atomic E-state index is 11.7. The average molecular weight is 294 g/mol. The first-order valence-corrected chi connectivity index (χ1v) is 7.29. The minimum absolute atomic E-state index is 0.0257. The molecule has 4 nitrogen and oxygen atoms in total. The number of halogens is 1. The van der Waals surface area contributed by atoms with Gasteiger partial charge >= 0.3 is 0 Å². The summed E-state index contributed by atoms with van der Waals surface area (Å²) >= 11 is 7.64. The van der Waals surface area contributed by atoms with E-state index < -0.39 is 0 Å². The molecule has 1 aromatic heterocycles. The van der Waals surface area contributed by atoms with Crippen molar-refractivity contribution in [2.75, 3.05) is 11.1 Å². The van der Waals surface area contributed by atoms with Crippen molar-refractivity contribution in [3.63, 3.8) is 0 Å². The van der Waals surface area contributed by atoms with Crippen LogP contribution in [0.5, 0.6) is 0 Å². The molecular formula is C13H12ClN3OS. The standard InChI is InChI=1S/C13H12ClN3OS/c1-7-11-12(8-3-2-4-9(14)5-8)19-6-10(18)15-13(11)17-16-7/h2-5,12H,6H2,1H3,(H2,15,16,17,18)/t12-/m0/s1. The highest BCUT2D eigenvalue weighted by Crippen LogP contribution is 2.42. The molecule has 1 amide bonds. The van der Waals surface area contributed by atoms with Crippen molar-refractivity contribution in [3.8, 4) is 0 Å². The quantitative estimate of drug-likeness (QED) is 0.849. The van der Waals surface area contributed by atoms with Crippen LogP contribution < -0.4 is 5.32 Å². The van der Waals surface area contributed by atoms with Gasteiger partial charge in [-0.05, 0) is 24.6 Å². The number of aromatic amines is 1. The van der Waals surface area contributed by atoms with Gasteiger partial charge in [0.05, 0.1) is 11.0 Å². The van der Waals surface area contributed by atoms with Gasteiger partial charge in [-0.1, -0.05) is 23.7 Å². The molecule has 98 valence electrons. The molecule has 2 heterocycles. The first kappa shape index (κ1) is 12.6. The third kappa shape index (κ3) is 2.35. The number of anilines is 1. The van der Waals surface area contributed by atoms with Crippen molar-refractivity contribution < 1.29 is 4.79 Å². The second kappa shape index (κ2) is 4.90. The van der Waals surface area contributed by atoms with Gasteiger partial charge in [-0.15, -0.1) is 11.8 Å². The number of aromatic nitrogens is 2. The molecule has 0 radical (unpaired) electrons. The summed E-state index contributed by atoms with van der Waals surface area (Å²) in [6, 6.07) is 7.73. The average Bonchev–Trinajstić information content (AvgIpc) is 2.64. The molecule has 0 unspecified atom stereocenters. The molecule has 0 saturated heterocycles. The van der Waals surface area contributed by atoms with Crippen LogP contribution >= 0.6 is 23.4 Å². The molecule has 0 fully saturated rings. The minimum Gasteiger partial charge on any atom is -0.308 e. The Hall–Kier alpha value is -1.46. The number of hydrogen-bond donors (Lipinski definition) is 2. The second-order valence-corrected chi connectivity index (χ2v) is 5.93. The molecule has 0 spiro atoms. The molecule has 3 rings (SSSR count). The second-order valence-electron chi connectivity index (χ2n) is 4.41. The molecular weight excluding hydrogens is 282 g/mol. The van der Waals surface area contributed by atoms with E-state index in [-0.39, 0.29) is 11.2 Å². The molecule has 19 heavy (non-hydrogen) atoms. The van der Waals surface area contributed by atoms with Crippen LogP contribution in [-0.2, 0) is 4.79 Å². The molecule has 0 bridgehead atoms. The number of hydrogen-bond acceptors (Lipinski definition) is 3. The van der Waals surface area contributed by atoms with Gasteiger partial charge < -0.3 is 5.32 Å². The van der Waals surface area contributed by atoms with Crippen LogP contribution in [0.3, 0.4) is 0 Å². The Morgan fingerprint density at radius 2 is 2.32 bits per heavy atom. The summed E-state index contributed by atoms with van der Waals surface area (Å²) in [5, 5.41) is 10.7. The Morgan fingerprint density at radius 1 is 1.47 bits per heavy atom. The number of thioether (sulfide) groups is 1. The van der Waals surface area contributed by atoms with Gasteiger partial charge in [0.25, 0.3) is 0 Å². The summed E-state index contributed by atoms with van der Waals surface area (Å²) in [6.07, 6.45) is 0. The number of H-pyrrole nitrogens is 1. The van der Waals surface area contributed by atoms with Gasteiger partial charge in [-0.3, -0.25) is 9.89 Å². The Labute approximate surface area is 119 Å². The number of aryl methyl sites for hydroxylation is 1. The smallest absolute Gasteiger partial charge is 0.235 e. The molecule has 0 aliphatic carbocycles. The van der Waals surface area contributed by atoms with Crippen molar-refractivity contribution in [1.29, 1.82) is 0 Å². The van der Waals surface area contributed by atoms with Crippen molar-refractivity contribution in [1.82, 2.24) is 10.2 Å². The number of nitrogens with one attached hydrogen (secondary N) is 2. The van der Waals surface area contributed by atoms with Gasteiger partial charge in [-0.25, -0.2) is 0 Å². The lowest BCUT2D eigenvalue weighted by Crippen LogP contribution is -2.12. The maximum Gasteiger partial charge on any atom is 0.235 e. The van der Waals surface area contributed by atoms with E-state index in [0.717, 1.165) is 16.8 Å². The lowest BCUT2D eigenvalue weighted by molar-refractivity contribution is -0.113. The number of carbonyl (C=O) groups excluding carboxylic acids is 1. The van der Waals surface area contributed by atoms with Gasteiger partial charge in [-0.2, -0.15) is 5.10 Å². The molecule has 6 heteroatoms. The monoisotopic (exact) mass is 293 g/mol. The van der Waals surface area contributed by atoms with E-state index >= 15 is 0 Å². The van der Waals surface area contributed by atoms with Crippen molar-refractivity contribution >= 4 is 35.1 Å². The lowest BCUT2D eigenvalue weighted by Gasteiger charge is -2.15. The van der Waals surface area contributed by atoms with E-state index in [1.165, 1.54) is 0 Å². The summed E-state index contributed by atoms with van der Waals surface area (Å²) in [5.74, 6) is 1.01. The zero-order valence-corrected chi connectivity index (χ0v) is 11.8. The van der Waals surface area contributed by atoms with E-state index in [0.29, 0.717) is 16.6 Å². The molecule has 1 atom stereocenters. The van der Waals surface area contributed by atoms with Crippen LogP contribution in [0.15, 0.2) is 24.3 Å². The van der Waals surface area contributed by atoms with Crippen LogP contribution in [0.25, 0.3) is 0 Å². The SMILES string of the molecule is Cc1[nH]nc2c1[C@H](c1cccc(Cl)c1)SCC(=O)N2. The van der Waals surface area contributed by atoms with Gasteiger partial charge in [0.1, 0.15) is 0 Å². The maximum atomic E-state index is 11.7. The van der Waals surface area contributed by atoms with E-state index in [1.807, 2.05) is 31.2 Å². The minimum atomic E-state index is -0.0257. The largest absolute Gasteiger partial charge is 0.308 e. The predicted molar refractivity (Wildman–Crippen MR) is 77.7 cm³/mol. The lowest BCUT2D eigenvalue weighted by atomic mass is 10.0. The van der Waals surface area contributed by atoms with Gasteiger partial charge in [0, 0.05) is 16.3 Å². The van der Waals surface area contributed by atoms with Crippen LogP contribution in [0.2, 0.25) is 5.02 Å². The van der Waals surface area contributed by atoms with E-state index in [9.17, 15) is 4.79 Å². The summed E-state index contributed by atoms with van der Waals surface area (Å²) < 4.78 is 0. The molecule has 1 aromatic carbocycles. The van der Waals surface area contributed by atoms with E-state index in [4.69, 9.17) is 11.6 Å². The van der Waals surface area contributed by atoms with Crippen molar-refractivity contribution in [3.05, 3.63) is 46.1 Å².